The van der Waals surface area contributed by atoms with E-state index < -0.39 is 0 Å². The van der Waals surface area contributed by atoms with Gasteiger partial charge >= 0.3 is 0 Å². The van der Waals surface area contributed by atoms with Crippen LogP contribution in [0.25, 0.3) is 0 Å². The summed E-state index contributed by atoms with van der Waals surface area (Å²) in [6, 6.07) is 0.376. The predicted octanol–water partition coefficient (Wildman–Crippen LogP) is 5.00. The van der Waals surface area contributed by atoms with E-state index in [1.807, 2.05) is 18.9 Å². The molecule has 0 aromatic rings. The smallest absolute Gasteiger partial charge is 0.219 e. The maximum Gasteiger partial charge on any atom is 0.219 e. The summed E-state index contributed by atoms with van der Waals surface area (Å²) in [5, 5.41) is 0. The molecule has 0 saturated heterocycles. The maximum absolute atomic E-state index is 12.3. The summed E-state index contributed by atoms with van der Waals surface area (Å²) < 4.78 is 0. The zero-order valence-electron chi connectivity index (χ0n) is 17.9. The number of ketones is 1. The van der Waals surface area contributed by atoms with Crippen molar-refractivity contribution in [3.63, 3.8) is 0 Å². The van der Waals surface area contributed by atoms with Crippen molar-refractivity contribution in [3.05, 3.63) is 11.6 Å². The van der Waals surface area contributed by atoms with Crippen molar-refractivity contribution < 1.29 is 9.59 Å². The standard InChI is InChI=1S/C24H37NO2/c1-15(26)20-8-9-21-19-7-6-17-14-18(25(5)16(2)27)10-12-23(17,3)22(19)11-13-24(20,21)4/h6,18-22H,7-14H2,1-5H3/t18-,19+,20+,21+,22-,23+,24+/m1/s1. The monoisotopic (exact) mass is 371 g/mol. The molecule has 0 radical (unpaired) electrons. The number of rotatable bonds is 2. The van der Waals surface area contributed by atoms with Gasteiger partial charge in [0.1, 0.15) is 5.78 Å². The summed E-state index contributed by atoms with van der Waals surface area (Å²) in [7, 11) is 1.97. The Morgan fingerprint density at radius 3 is 2.44 bits per heavy atom. The van der Waals surface area contributed by atoms with Crippen LogP contribution in [-0.4, -0.2) is 29.7 Å². The molecule has 1 amide bonds. The van der Waals surface area contributed by atoms with E-state index in [-0.39, 0.29) is 11.3 Å². The number of allylic oxidation sites excluding steroid dienone is 1. The Kier molecular flexibility index (Phi) is 4.59. The Balaban J connectivity index is 1.59. The van der Waals surface area contributed by atoms with Gasteiger partial charge in [-0.3, -0.25) is 9.59 Å². The number of nitrogens with zero attached hydrogens (tertiary/aromatic N) is 1. The lowest BCUT2D eigenvalue weighted by Crippen LogP contribution is -2.52. The van der Waals surface area contributed by atoms with Crippen LogP contribution in [0, 0.1) is 34.5 Å². The molecule has 0 aromatic heterocycles. The van der Waals surface area contributed by atoms with E-state index in [2.05, 4.69) is 19.9 Å². The highest BCUT2D eigenvalue weighted by Crippen LogP contribution is 2.66. The van der Waals surface area contributed by atoms with Gasteiger partial charge in [0, 0.05) is 25.9 Å². The number of amides is 1. The van der Waals surface area contributed by atoms with Crippen LogP contribution in [0.3, 0.4) is 0 Å². The minimum atomic E-state index is 0.188. The first-order valence-electron chi connectivity index (χ1n) is 11.1. The number of carbonyl (C=O) groups excluding carboxylic acids is 2. The van der Waals surface area contributed by atoms with E-state index >= 15 is 0 Å². The molecule has 3 fully saturated rings. The summed E-state index contributed by atoms with van der Waals surface area (Å²) in [5.74, 6) is 3.14. The maximum atomic E-state index is 12.3. The molecule has 4 rings (SSSR count). The average molecular weight is 372 g/mol. The highest BCUT2D eigenvalue weighted by molar-refractivity contribution is 5.79. The van der Waals surface area contributed by atoms with Crippen LogP contribution in [0.2, 0.25) is 0 Å². The van der Waals surface area contributed by atoms with E-state index in [0.29, 0.717) is 23.2 Å². The van der Waals surface area contributed by atoms with Gasteiger partial charge < -0.3 is 4.90 Å². The third-order valence-electron chi connectivity index (χ3n) is 9.61. The fourth-order valence-electron chi connectivity index (χ4n) is 7.90. The van der Waals surface area contributed by atoms with E-state index in [9.17, 15) is 9.59 Å². The van der Waals surface area contributed by atoms with Gasteiger partial charge in [-0.05, 0) is 86.9 Å². The molecule has 0 bridgehead atoms. The molecule has 3 nitrogen and oxygen atoms in total. The fourth-order valence-corrected chi connectivity index (χ4v) is 7.90. The summed E-state index contributed by atoms with van der Waals surface area (Å²) in [4.78, 5) is 26.1. The molecule has 0 aromatic carbocycles. The van der Waals surface area contributed by atoms with Crippen LogP contribution >= 0.6 is 0 Å². The molecule has 27 heavy (non-hydrogen) atoms. The van der Waals surface area contributed by atoms with Crippen molar-refractivity contribution in [1.29, 1.82) is 0 Å². The molecule has 0 spiro atoms. The number of Topliss-reactive ketones (excluding diaryl/α,β-unsaturated/α-hetero) is 1. The number of carbonyl (C=O) groups is 2. The molecule has 0 aliphatic heterocycles. The third-order valence-corrected chi connectivity index (χ3v) is 9.61. The van der Waals surface area contributed by atoms with Crippen molar-refractivity contribution in [2.75, 3.05) is 7.05 Å². The van der Waals surface area contributed by atoms with E-state index in [1.165, 1.54) is 32.1 Å². The molecule has 3 heteroatoms. The third kappa shape index (κ3) is 2.75. The molecule has 150 valence electrons. The molecule has 4 aliphatic carbocycles. The molecule has 0 heterocycles. The second-order valence-corrected chi connectivity index (χ2v) is 10.6. The quantitative estimate of drug-likeness (QED) is 0.641. The Bertz CT molecular complexity index is 682. The Hall–Kier alpha value is -1.12. The lowest BCUT2D eigenvalue weighted by atomic mass is 9.47. The Morgan fingerprint density at radius 1 is 1.04 bits per heavy atom. The second kappa shape index (κ2) is 6.46. The van der Waals surface area contributed by atoms with Gasteiger partial charge in [0.2, 0.25) is 5.91 Å². The van der Waals surface area contributed by atoms with E-state index in [4.69, 9.17) is 0 Å². The molecule has 7 atom stereocenters. The first kappa shape index (κ1) is 19.2. The zero-order valence-corrected chi connectivity index (χ0v) is 17.9. The van der Waals surface area contributed by atoms with Crippen LogP contribution < -0.4 is 0 Å². The highest BCUT2D eigenvalue weighted by Gasteiger charge is 2.59. The van der Waals surface area contributed by atoms with E-state index in [0.717, 1.165) is 37.0 Å². The largest absolute Gasteiger partial charge is 0.343 e. The van der Waals surface area contributed by atoms with Crippen molar-refractivity contribution in [2.45, 2.75) is 85.1 Å². The second-order valence-electron chi connectivity index (χ2n) is 10.6. The molecule has 0 unspecified atom stereocenters. The van der Waals surface area contributed by atoms with Gasteiger partial charge in [-0.1, -0.05) is 25.5 Å². The van der Waals surface area contributed by atoms with Crippen LogP contribution in [-0.2, 0) is 9.59 Å². The summed E-state index contributed by atoms with van der Waals surface area (Å²) in [6.07, 6.45) is 12.0. The summed E-state index contributed by atoms with van der Waals surface area (Å²) in [5.41, 5.74) is 2.17. The van der Waals surface area contributed by atoms with E-state index in [1.54, 1.807) is 12.5 Å². The first-order chi connectivity index (χ1) is 12.7. The lowest BCUT2D eigenvalue weighted by molar-refractivity contribution is -0.131. The minimum Gasteiger partial charge on any atom is -0.343 e. The minimum absolute atomic E-state index is 0.188. The van der Waals surface area contributed by atoms with Gasteiger partial charge in [0.05, 0.1) is 0 Å². The van der Waals surface area contributed by atoms with Crippen LogP contribution in [0.15, 0.2) is 11.6 Å². The molecular weight excluding hydrogens is 334 g/mol. The molecule has 4 aliphatic rings. The van der Waals surface area contributed by atoms with Crippen LogP contribution in [0.1, 0.15) is 79.1 Å². The summed E-state index contributed by atoms with van der Waals surface area (Å²) in [6.45, 7) is 8.44. The molecular formula is C24H37NO2. The van der Waals surface area contributed by atoms with Gasteiger partial charge in [-0.25, -0.2) is 0 Å². The lowest BCUT2D eigenvalue weighted by Gasteiger charge is -2.58. The normalized spacial score (nSPS) is 46.0. The molecule has 0 N–H and O–H groups in total. The number of fused-ring (bicyclic) bond motifs is 5. The zero-order chi connectivity index (χ0) is 19.6. The average Bonchev–Trinajstić information content (AvgIpc) is 2.97. The van der Waals surface area contributed by atoms with Gasteiger partial charge in [-0.2, -0.15) is 0 Å². The SMILES string of the molecule is CC(=O)[C@@H]1CC[C@H]2[C@@H]3CC=C4C[C@H](N(C)C(C)=O)CC[C@]4(C)[C@@H]3CC[C@@]12C. The molecule has 3 saturated carbocycles. The summed E-state index contributed by atoms with van der Waals surface area (Å²) >= 11 is 0. The fraction of sp³-hybridized carbons (Fsp3) is 0.833. The number of hydrogen-bond donors (Lipinski definition) is 0. The van der Waals surface area contributed by atoms with Crippen LogP contribution in [0.5, 0.6) is 0 Å². The van der Waals surface area contributed by atoms with Gasteiger partial charge in [-0.15, -0.1) is 0 Å². The topological polar surface area (TPSA) is 37.4 Å². The first-order valence-corrected chi connectivity index (χ1v) is 11.1. The Labute approximate surface area is 165 Å². The van der Waals surface area contributed by atoms with Gasteiger partial charge in [0.15, 0.2) is 0 Å². The highest BCUT2D eigenvalue weighted by atomic mass is 16.2. The van der Waals surface area contributed by atoms with Crippen molar-refractivity contribution in [1.82, 2.24) is 4.90 Å². The van der Waals surface area contributed by atoms with Crippen molar-refractivity contribution in [3.8, 4) is 0 Å². The predicted molar refractivity (Wildman–Crippen MR) is 108 cm³/mol. The number of hydrogen-bond acceptors (Lipinski definition) is 2. The van der Waals surface area contributed by atoms with Crippen molar-refractivity contribution >= 4 is 11.7 Å². The Morgan fingerprint density at radius 2 is 1.78 bits per heavy atom. The van der Waals surface area contributed by atoms with Gasteiger partial charge in [0.25, 0.3) is 0 Å². The van der Waals surface area contributed by atoms with Crippen molar-refractivity contribution in [2.24, 2.45) is 34.5 Å². The van der Waals surface area contributed by atoms with Crippen LogP contribution in [0.4, 0.5) is 0 Å².